The largest absolute Gasteiger partial charge is 0.381 e. The highest BCUT2D eigenvalue weighted by atomic mass is 16.6. The van der Waals surface area contributed by atoms with Crippen molar-refractivity contribution in [2.24, 2.45) is 0 Å². The second kappa shape index (κ2) is 6.39. The number of nitro groups is 1. The summed E-state index contributed by atoms with van der Waals surface area (Å²) in [6.07, 6.45) is 0. The highest BCUT2D eigenvalue weighted by Crippen LogP contribution is 2.25. The van der Waals surface area contributed by atoms with Crippen LogP contribution in [-0.2, 0) is 6.54 Å². The molecule has 2 aromatic rings. The molecule has 2 rings (SSSR count). The maximum atomic E-state index is 10.9. The number of hydrogen-bond donors (Lipinski definition) is 1. The van der Waals surface area contributed by atoms with Crippen molar-refractivity contribution in [3.63, 3.8) is 0 Å². The summed E-state index contributed by atoms with van der Waals surface area (Å²) < 4.78 is 0. The zero-order chi connectivity index (χ0) is 15.4. The van der Waals surface area contributed by atoms with Gasteiger partial charge in [-0.25, -0.2) is 0 Å². The SMILES string of the molecule is Cc1c(NCc2ccc(C(C)C)cc2)cccc1[N+](=O)[O-]. The van der Waals surface area contributed by atoms with Crippen LogP contribution in [0.2, 0.25) is 0 Å². The van der Waals surface area contributed by atoms with E-state index in [4.69, 9.17) is 0 Å². The Balaban J connectivity index is 2.09. The molecule has 0 unspecified atom stereocenters. The smallest absolute Gasteiger partial charge is 0.274 e. The van der Waals surface area contributed by atoms with Gasteiger partial charge in [-0.05, 0) is 30.0 Å². The van der Waals surface area contributed by atoms with E-state index < -0.39 is 0 Å². The maximum Gasteiger partial charge on any atom is 0.274 e. The van der Waals surface area contributed by atoms with Crippen LogP contribution in [0.3, 0.4) is 0 Å². The Labute approximate surface area is 125 Å². The number of benzene rings is 2. The van der Waals surface area contributed by atoms with Crippen LogP contribution in [0.1, 0.15) is 36.5 Å². The Morgan fingerprint density at radius 3 is 2.38 bits per heavy atom. The molecule has 0 spiro atoms. The standard InChI is InChI=1S/C17H20N2O2/c1-12(2)15-9-7-14(8-10-15)11-18-16-5-4-6-17(13(16)3)19(20)21/h4-10,12,18H,11H2,1-3H3. The molecule has 0 fully saturated rings. The molecule has 0 radical (unpaired) electrons. The van der Waals surface area contributed by atoms with Gasteiger partial charge in [-0.2, -0.15) is 0 Å². The Morgan fingerprint density at radius 2 is 1.81 bits per heavy atom. The van der Waals surface area contributed by atoms with E-state index in [1.54, 1.807) is 13.0 Å². The Kier molecular flexibility index (Phi) is 4.58. The molecule has 1 N–H and O–H groups in total. The Morgan fingerprint density at radius 1 is 1.14 bits per heavy atom. The van der Waals surface area contributed by atoms with E-state index in [0.717, 1.165) is 11.3 Å². The summed E-state index contributed by atoms with van der Waals surface area (Å²) in [6.45, 7) is 6.75. The number of nitrogens with zero attached hydrogens (tertiary/aromatic N) is 1. The molecule has 2 aromatic carbocycles. The van der Waals surface area contributed by atoms with Crippen LogP contribution in [-0.4, -0.2) is 4.92 Å². The van der Waals surface area contributed by atoms with Gasteiger partial charge >= 0.3 is 0 Å². The third-order valence-corrected chi connectivity index (χ3v) is 3.63. The predicted molar refractivity (Wildman–Crippen MR) is 85.7 cm³/mol. The van der Waals surface area contributed by atoms with Gasteiger partial charge in [0, 0.05) is 23.9 Å². The van der Waals surface area contributed by atoms with Gasteiger partial charge in [-0.15, -0.1) is 0 Å². The zero-order valence-electron chi connectivity index (χ0n) is 12.6. The first-order valence-corrected chi connectivity index (χ1v) is 7.05. The first-order chi connectivity index (χ1) is 9.99. The van der Waals surface area contributed by atoms with E-state index in [2.05, 4.69) is 43.4 Å². The number of nitro benzene ring substituents is 1. The van der Waals surface area contributed by atoms with Gasteiger partial charge in [-0.1, -0.05) is 44.2 Å². The minimum absolute atomic E-state index is 0.148. The molecule has 110 valence electrons. The number of anilines is 1. The zero-order valence-corrected chi connectivity index (χ0v) is 12.6. The molecule has 0 aliphatic heterocycles. The molecule has 0 amide bonds. The van der Waals surface area contributed by atoms with Crippen LogP contribution in [0.5, 0.6) is 0 Å². The van der Waals surface area contributed by atoms with Crippen LogP contribution in [0, 0.1) is 17.0 Å². The summed E-state index contributed by atoms with van der Waals surface area (Å²) >= 11 is 0. The first-order valence-electron chi connectivity index (χ1n) is 7.05. The lowest BCUT2D eigenvalue weighted by atomic mass is 10.0. The molecular formula is C17H20N2O2. The monoisotopic (exact) mass is 284 g/mol. The van der Waals surface area contributed by atoms with Crippen LogP contribution in [0.15, 0.2) is 42.5 Å². The molecule has 21 heavy (non-hydrogen) atoms. The minimum atomic E-state index is -0.349. The fraction of sp³-hybridized carbons (Fsp3) is 0.294. The highest BCUT2D eigenvalue weighted by Gasteiger charge is 2.12. The van der Waals surface area contributed by atoms with Gasteiger partial charge in [0.1, 0.15) is 0 Å². The van der Waals surface area contributed by atoms with E-state index in [1.807, 2.05) is 6.07 Å². The van der Waals surface area contributed by atoms with Gasteiger partial charge in [0.15, 0.2) is 0 Å². The van der Waals surface area contributed by atoms with Gasteiger partial charge < -0.3 is 5.32 Å². The van der Waals surface area contributed by atoms with E-state index >= 15 is 0 Å². The molecule has 0 saturated carbocycles. The molecule has 0 heterocycles. The lowest BCUT2D eigenvalue weighted by molar-refractivity contribution is -0.385. The maximum absolute atomic E-state index is 10.9. The lowest BCUT2D eigenvalue weighted by Crippen LogP contribution is -2.03. The molecule has 0 aromatic heterocycles. The predicted octanol–water partition coefficient (Wildman–Crippen LogP) is 4.64. The minimum Gasteiger partial charge on any atom is -0.381 e. The molecular weight excluding hydrogens is 264 g/mol. The fourth-order valence-corrected chi connectivity index (χ4v) is 2.23. The van der Waals surface area contributed by atoms with Crippen molar-refractivity contribution < 1.29 is 4.92 Å². The van der Waals surface area contributed by atoms with Crippen LogP contribution in [0.25, 0.3) is 0 Å². The van der Waals surface area contributed by atoms with Crippen LogP contribution < -0.4 is 5.32 Å². The number of hydrogen-bond acceptors (Lipinski definition) is 3. The van der Waals surface area contributed by atoms with Gasteiger partial charge in [0.2, 0.25) is 0 Å². The lowest BCUT2D eigenvalue weighted by Gasteiger charge is -2.11. The van der Waals surface area contributed by atoms with E-state index in [9.17, 15) is 10.1 Å². The summed E-state index contributed by atoms with van der Waals surface area (Å²) in [4.78, 5) is 10.6. The average molecular weight is 284 g/mol. The van der Waals surface area contributed by atoms with Crippen LogP contribution >= 0.6 is 0 Å². The van der Waals surface area contributed by atoms with Gasteiger partial charge in [0.05, 0.1) is 4.92 Å². The fourth-order valence-electron chi connectivity index (χ4n) is 2.23. The summed E-state index contributed by atoms with van der Waals surface area (Å²) in [5, 5.41) is 14.2. The molecule has 0 aliphatic carbocycles. The molecule has 0 aliphatic rings. The van der Waals surface area contributed by atoms with Crippen LogP contribution in [0.4, 0.5) is 11.4 Å². The molecule has 0 atom stereocenters. The molecule has 0 bridgehead atoms. The van der Waals surface area contributed by atoms with Crippen molar-refractivity contribution in [2.45, 2.75) is 33.2 Å². The third-order valence-electron chi connectivity index (χ3n) is 3.63. The molecule has 0 saturated heterocycles. The number of nitrogens with one attached hydrogen (secondary N) is 1. The van der Waals surface area contributed by atoms with Crippen molar-refractivity contribution in [3.8, 4) is 0 Å². The van der Waals surface area contributed by atoms with Crippen molar-refractivity contribution >= 4 is 11.4 Å². The quantitative estimate of drug-likeness (QED) is 0.643. The second-order valence-corrected chi connectivity index (χ2v) is 5.46. The van der Waals surface area contributed by atoms with Gasteiger partial charge in [0.25, 0.3) is 5.69 Å². The summed E-state index contributed by atoms with van der Waals surface area (Å²) in [6, 6.07) is 13.5. The van der Waals surface area contributed by atoms with Crippen molar-refractivity contribution in [2.75, 3.05) is 5.32 Å². The summed E-state index contributed by atoms with van der Waals surface area (Å²) in [5.74, 6) is 0.519. The Bertz CT molecular complexity index is 634. The van der Waals surface area contributed by atoms with Gasteiger partial charge in [-0.3, -0.25) is 10.1 Å². The average Bonchev–Trinajstić information content (AvgIpc) is 2.46. The first kappa shape index (κ1) is 15.0. The number of rotatable bonds is 5. The highest BCUT2D eigenvalue weighted by molar-refractivity contribution is 5.59. The van der Waals surface area contributed by atoms with E-state index in [-0.39, 0.29) is 10.6 Å². The second-order valence-electron chi connectivity index (χ2n) is 5.46. The van der Waals surface area contributed by atoms with Crippen molar-refractivity contribution in [3.05, 3.63) is 69.3 Å². The van der Waals surface area contributed by atoms with E-state index in [0.29, 0.717) is 18.0 Å². The topological polar surface area (TPSA) is 55.2 Å². The third kappa shape index (κ3) is 3.60. The molecule has 4 heteroatoms. The molecule has 4 nitrogen and oxygen atoms in total. The van der Waals surface area contributed by atoms with Crippen molar-refractivity contribution in [1.29, 1.82) is 0 Å². The summed E-state index contributed by atoms with van der Waals surface area (Å²) in [5.41, 5.74) is 4.09. The summed E-state index contributed by atoms with van der Waals surface area (Å²) in [7, 11) is 0. The van der Waals surface area contributed by atoms with Crippen molar-refractivity contribution in [1.82, 2.24) is 0 Å². The Hall–Kier alpha value is -2.36. The normalized spacial score (nSPS) is 10.7. The van der Waals surface area contributed by atoms with E-state index in [1.165, 1.54) is 11.6 Å².